The third kappa shape index (κ3) is 21.8. The third-order valence-corrected chi connectivity index (χ3v) is 12.7. The van der Waals surface area contributed by atoms with Crippen LogP contribution in [0.25, 0.3) is 0 Å². The SMILES string of the molecule is COC(=O)c1c(F)c(F)c(C)c(F)c1F.COC(=O)c1c(F)c(F)c(F)c(F)c1F.COC(=O)c1c(OC)c(F)c(C)c(F)c1OC.COc1c(F)c(C)c(F)c(OC)c1C(=O)O.COc1cc(OC)c(F)c(C)c1F.COc1cc(OC)c(F)c(N)c1F.C[O-].O=C(O)c1c(F)c(F)c(F)c(F)c1F.[Na+]. The van der Waals surface area contributed by atoms with Gasteiger partial charge in [-0.25, -0.2) is 121 Å². The summed E-state index contributed by atoms with van der Waals surface area (Å²) in [4.78, 5) is 54.0. The minimum Gasteiger partial charge on any atom is -0.857 e. The van der Waals surface area contributed by atoms with Crippen LogP contribution in [-0.4, -0.2) is 125 Å². The molecule has 7 aromatic rings. The van der Waals surface area contributed by atoms with Gasteiger partial charge >= 0.3 is 59.4 Å². The van der Waals surface area contributed by atoms with Crippen molar-refractivity contribution in [3.8, 4) is 46.0 Å². The minimum atomic E-state index is -2.38. The van der Waals surface area contributed by atoms with Gasteiger partial charge in [0.15, 0.2) is 162 Å². The van der Waals surface area contributed by atoms with Crippen molar-refractivity contribution >= 4 is 35.5 Å². The first-order chi connectivity index (χ1) is 48.9. The fourth-order valence-electron chi connectivity index (χ4n) is 7.38. The Labute approximate surface area is 605 Å². The van der Waals surface area contributed by atoms with Crippen LogP contribution in [0.3, 0.4) is 0 Å². The van der Waals surface area contributed by atoms with Gasteiger partial charge in [0.2, 0.25) is 11.6 Å². The first-order valence-electron chi connectivity index (χ1n) is 27.0. The number of methoxy groups -OCH3 is 11. The van der Waals surface area contributed by atoms with E-state index < -0.39 is 220 Å². The monoisotopic (exact) mass is 1570 g/mol. The Morgan fingerprint density at radius 2 is 0.462 bits per heavy atom. The van der Waals surface area contributed by atoms with E-state index in [1.54, 1.807) is 0 Å². The molecule has 0 saturated heterocycles. The maximum Gasteiger partial charge on any atom is 1.00 e. The van der Waals surface area contributed by atoms with Crippen LogP contribution in [0.5, 0.6) is 46.0 Å². The van der Waals surface area contributed by atoms with E-state index in [1.165, 1.54) is 69.5 Å². The summed E-state index contributed by atoms with van der Waals surface area (Å²) >= 11 is 0. The largest absolute Gasteiger partial charge is 1.00 e. The van der Waals surface area contributed by atoms with Crippen molar-refractivity contribution in [1.29, 1.82) is 0 Å². The van der Waals surface area contributed by atoms with Gasteiger partial charge in [-0.3, -0.25) is 0 Å². The maximum absolute atomic E-state index is 13.7. The fraction of sp³-hybridized carbons (Fsp3) is 0.254. The van der Waals surface area contributed by atoms with Gasteiger partial charge in [0, 0.05) is 34.4 Å². The number of hydrogen-bond acceptors (Lipinski definition) is 18. The van der Waals surface area contributed by atoms with Crippen molar-refractivity contribution in [2.24, 2.45) is 0 Å². The van der Waals surface area contributed by atoms with Crippen molar-refractivity contribution in [2.75, 3.05) is 91.1 Å². The summed E-state index contributed by atoms with van der Waals surface area (Å²) in [5.41, 5.74) is -2.92. The molecule has 0 saturated carbocycles. The topological polar surface area (TPSA) is 276 Å². The van der Waals surface area contributed by atoms with Gasteiger partial charge in [0.05, 0.1) is 78.2 Å². The zero-order valence-corrected chi connectivity index (χ0v) is 59.4. The number of anilines is 1. The van der Waals surface area contributed by atoms with Gasteiger partial charge in [-0.15, -0.1) is 0 Å². The number of carbonyl (C=O) groups is 5. The second-order valence-corrected chi connectivity index (χ2v) is 18.5. The number of halogens is 22. The van der Waals surface area contributed by atoms with E-state index in [4.69, 9.17) is 40.0 Å². The van der Waals surface area contributed by atoms with Crippen LogP contribution in [0.4, 0.5) is 102 Å². The van der Waals surface area contributed by atoms with E-state index in [0.717, 1.165) is 55.6 Å². The zero-order chi connectivity index (χ0) is 82.2. The molecule has 0 aliphatic carbocycles. The first kappa shape index (κ1) is 97.6. The quantitative estimate of drug-likeness (QED) is 0.0184. The number of aromatic carboxylic acids is 2. The van der Waals surface area contributed by atoms with Crippen LogP contribution in [0, 0.1) is 156 Å². The number of rotatable bonds is 13. The summed E-state index contributed by atoms with van der Waals surface area (Å²) < 4.78 is 334. The molecule has 0 aliphatic heterocycles. The van der Waals surface area contributed by atoms with Crippen molar-refractivity contribution in [3.63, 3.8) is 0 Å². The van der Waals surface area contributed by atoms with Gasteiger partial charge in [-0.2, -0.15) is 7.11 Å². The van der Waals surface area contributed by atoms with Crippen LogP contribution in [0.2, 0.25) is 0 Å². The van der Waals surface area contributed by atoms with Crippen molar-refractivity contribution < 1.29 is 218 Å². The predicted molar refractivity (Wildman–Crippen MR) is 314 cm³/mol. The van der Waals surface area contributed by atoms with E-state index in [0.29, 0.717) is 0 Å². The third-order valence-electron chi connectivity index (χ3n) is 12.7. The van der Waals surface area contributed by atoms with Crippen LogP contribution in [0.15, 0.2) is 12.1 Å². The molecule has 580 valence electrons. The molecule has 0 fully saturated rings. The summed E-state index contributed by atoms with van der Waals surface area (Å²) in [6, 6.07) is 2.28. The molecule has 0 atom stereocenters. The van der Waals surface area contributed by atoms with Crippen LogP contribution >= 0.6 is 0 Å². The molecule has 0 heterocycles. The molecule has 0 bridgehead atoms. The van der Waals surface area contributed by atoms with Crippen LogP contribution < -0.4 is 78.3 Å². The first-order valence-corrected chi connectivity index (χ1v) is 27.0. The number of hydrogen-bond donors (Lipinski definition) is 3. The smallest absolute Gasteiger partial charge is 0.857 e. The molecule has 7 rings (SSSR count). The van der Waals surface area contributed by atoms with E-state index in [9.17, 15) is 121 Å². The Morgan fingerprint density at radius 3 is 0.689 bits per heavy atom. The molecule has 20 nitrogen and oxygen atoms in total. The Kier molecular flexibility index (Phi) is 40.2. The van der Waals surface area contributed by atoms with Crippen LogP contribution in [0.1, 0.15) is 74.0 Å². The average molecular weight is 1570 g/mol. The summed E-state index contributed by atoms with van der Waals surface area (Å²) in [6.07, 6.45) is 0. The second-order valence-electron chi connectivity index (χ2n) is 18.5. The van der Waals surface area contributed by atoms with E-state index >= 15 is 0 Å². The Bertz CT molecular complexity index is 4010. The number of ether oxygens (including phenoxy) is 11. The zero-order valence-electron chi connectivity index (χ0n) is 57.4. The van der Waals surface area contributed by atoms with Gasteiger partial charge < -0.3 is 73.2 Å². The molecule has 43 heteroatoms. The molecule has 0 amide bonds. The van der Waals surface area contributed by atoms with Gasteiger partial charge in [-0.05, 0) is 27.7 Å². The normalized spacial score (nSPS) is 9.88. The van der Waals surface area contributed by atoms with Gasteiger partial charge in [-0.1, -0.05) is 0 Å². The van der Waals surface area contributed by atoms with Gasteiger partial charge in [0.1, 0.15) is 33.5 Å². The molecule has 4 N–H and O–H groups in total. The summed E-state index contributed by atoms with van der Waals surface area (Å²) in [5.74, 6) is -46.7. The molecule has 0 aliphatic rings. The molecule has 106 heavy (non-hydrogen) atoms. The van der Waals surface area contributed by atoms with Crippen molar-refractivity contribution in [2.45, 2.75) is 27.7 Å². The Morgan fingerprint density at radius 1 is 0.274 bits per heavy atom. The minimum absolute atomic E-state index is 0. The molecule has 0 spiro atoms. The Balaban J connectivity index is 0. The molecule has 0 radical (unpaired) electrons. The van der Waals surface area contributed by atoms with Crippen molar-refractivity contribution in [3.05, 3.63) is 190 Å². The van der Waals surface area contributed by atoms with Gasteiger partial charge in [0.25, 0.3) is 0 Å². The summed E-state index contributed by atoms with van der Waals surface area (Å²) in [6.45, 7) is 4.58. The predicted octanol–water partition coefficient (Wildman–Crippen LogP) is 10.5. The van der Waals surface area contributed by atoms with Crippen molar-refractivity contribution in [1.82, 2.24) is 0 Å². The van der Waals surface area contributed by atoms with E-state index in [-0.39, 0.29) is 69.2 Å². The number of carboxylic acid groups (broad SMARTS) is 2. The number of benzene rings is 7. The molecule has 0 unspecified atom stereocenters. The number of nitrogen functional groups attached to an aromatic ring is 1. The number of carbonyl (C=O) groups excluding carboxylic acids is 3. The standard InChI is InChI=1S/C11H12F2O4.C10H10F2O4.C9H6F4O2.C9H10F2O2.C8H3F5O2.C8H9F2NO2.C7HF5O2.CH3O.Na/c1-5-7(12)9(15-2)6(11(14)17-4)10(16-3)8(5)13;1-4-6(11)8(15-2)5(10(13)14)9(16-3)7(4)12;1-3-5(10)7(12)4(9(14)15-2)8(13)6(3)11;1-5-8(10)6(12-2)4-7(13-3)9(5)11;1-15-8(14)2-3(9)5(11)7(13)6(12)4(2)10;1-12-4-3-5(13-2)7(10)8(11)6(4)9;8-2-1(7(13)14)3(9)5(11)6(12)4(2)10;1-2;/h1-4H3;1-3H3,(H,13,14);1-2H3;4H,1-3H3;1H3;3H,11H2,1-2H3;(H,13,14);1H3;/q;;;;;;;-1;+1. The molecule has 7 aromatic carbocycles. The Hall–Kier alpha value is -10.5. The molecular formula is C63H54F22NNaO19. The number of esters is 3. The molecular weight excluding hydrogens is 1520 g/mol. The fourth-order valence-corrected chi connectivity index (χ4v) is 7.38. The van der Waals surface area contributed by atoms with E-state index in [2.05, 4.69) is 33.2 Å². The molecule has 0 aromatic heterocycles. The maximum atomic E-state index is 13.7. The second kappa shape index (κ2) is 43.7. The van der Waals surface area contributed by atoms with E-state index in [1.807, 2.05) is 0 Å². The average Bonchev–Trinajstić information content (AvgIpc) is 0.799. The number of carboxylic acids is 2. The van der Waals surface area contributed by atoms with Crippen LogP contribution in [-0.2, 0) is 14.2 Å². The summed E-state index contributed by atoms with van der Waals surface area (Å²) in [5, 5.41) is 25.3. The number of nitrogens with two attached hydrogens (primary N) is 1. The summed E-state index contributed by atoms with van der Waals surface area (Å²) in [7, 11) is 13.1.